The molecule has 0 radical (unpaired) electrons. The number of para-hydroxylation sites is 1. The summed E-state index contributed by atoms with van der Waals surface area (Å²) in [6, 6.07) is 23.4. The number of ether oxygens (including phenoxy) is 1. The molecule has 0 bridgehead atoms. The Kier molecular flexibility index (Phi) is 4.89. The smallest absolute Gasteiger partial charge is 0.127 e. The number of aromatic nitrogens is 1. The molecule has 3 aromatic carbocycles. The molecule has 0 saturated carbocycles. The summed E-state index contributed by atoms with van der Waals surface area (Å²) in [6.07, 6.45) is 0. The normalized spacial score (nSPS) is 11.0. The molecule has 0 fully saturated rings. The van der Waals surface area contributed by atoms with Crippen LogP contribution in [0.2, 0.25) is 5.02 Å². The summed E-state index contributed by atoms with van der Waals surface area (Å²) in [5.74, 6) is 1.61. The number of rotatable bonds is 5. The van der Waals surface area contributed by atoms with Crippen molar-refractivity contribution in [3.05, 3.63) is 83.5 Å². The molecule has 0 unspecified atom stereocenters. The Morgan fingerprint density at radius 1 is 0.923 bits per heavy atom. The van der Waals surface area contributed by atoms with Crippen molar-refractivity contribution in [3.8, 4) is 11.5 Å². The van der Waals surface area contributed by atoms with Gasteiger partial charge in [0.25, 0.3) is 0 Å². The molecule has 1 aromatic heterocycles. The number of hydrogen-bond donors (Lipinski definition) is 2. The molecule has 4 rings (SSSR count). The highest BCUT2D eigenvalue weighted by Gasteiger charge is 2.09. The highest BCUT2D eigenvalue weighted by atomic mass is 35.5. The summed E-state index contributed by atoms with van der Waals surface area (Å²) in [5, 5.41) is 11.1. The average molecular weight is 382 g/mol. The van der Waals surface area contributed by atoms with Crippen molar-refractivity contribution in [1.29, 1.82) is 0 Å². The fourth-order valence-corrected chi connectivity index (χ4v) is 4.00. The van der Waals surface area contributed by atoms with E-state index in [9.17, 15) is 5.11 Å². The van der Waals surface area contributed by atoms with Gasteiger partial charge in [0.1, 0.15) is 11.5 Å². The third kappa shape index (κ3) is 3.73. The molecule has 2 N–H and O–H groups in total. The number of H-pyrrole nitrogens is 1. The van der Waals surface area contributed by atoms with E-state index >= 15 is 0 Å². The van der Waals surface area contributed by atoms with Gasteiger partial charge in [0.15, 0.2) is 0 Å². The predicted molar refractivity (Wildman–Crippen MR) is 106 cm³/mol. The van der Waals surface area contributed by atoms with E-state index in [1.807, 2.05) is 72.8 Å². The number of fused-ring (bicyclic) bond motifs is 1. The summed E-state index contributed by atoms with van der Waals surface area (Å²) in [5.41, 5.74) is 1.70. The van der Waals surface area contributed by atoms with E-state index in [2.05, 4.69) is 4.98 Å². The second-order valence-corrected chi connectivity index (χ2v) is 7.36. The molecule has 0 spiro atoms. The number of hydrogen-bond acceptors (Lipinski definition) is 3. The van der Waals surface area contributed by atoms with Crippen LogP contribution in [0.5, 0.6) is 11.5 Å². The number of nitrogens with one attached hydrogen (secondary N) is 1. The summed E-state index contributed by atoms with van der Waals surface area (Å²) in [4.78, 5) is 5.31. The Balaban J connectivity index is 1.57. The first-order valence-electron chi connectivity index (χ1n) is 8.14. The van der Waals surface area contributed by atoms with Crippen molar-refractivity contribution >= 4 is 34.3 Å². The Hall–Kier alpha value is -2.40. The van der Waals surface area contributed by atoms with Gasteiger partial charge in [0.05, 0.1) is 6.61 Å². The molecule has 0 saturated heterocycles. The quantitative estimate of drug-likeness (QED) is 0.429. The summed E-state index contributed by atoms with van der Waals surface area (Å²) in [7, 11) is 0. The molecule has 26 heavy (non-hydrogen) atoms. The van der Waals surface area contributed by atoms with Crippen LogP contribution in [0.3, 0.4) is 0 Å². The van der Waals surface area contributed by atoms with E-state index in [0.29, 0.717) is 5.02 Å². The van der Waals surface area contributed by atoms with Crippen LogP contribution in [0.25, 0.3) is 10.9 Å². The molecule has 130 valence electrons. The van der Waals surface area contributed by atoms with Crippen LogP contribution >= 0.6 is 23.4 Å². The second-order valence-electron chi connectivity index (χ2n) is 5.81. The topological polar surface area (TPSA) is 45.2 Å². The van der Waals surface area contributed by atoms with Crippen molar-refractivity contribution in [1.82, 2.24) is 4.98 Å². The molecule has 0 aliphatic heterocycles. The lowest BCUT2D eigenvalue weighted by molar-refractivity contribution is 0.278. The molecular weight excluding hydrogens is 366 g/mol. The number of halogens is 1. The monoisotopic (exact) mass is 381 g/mol. The molecule has 5 heteroatoms. The van der Waals surface area contributed by atoms with Crippen molar-refractivity contribution < 1.29 is 9.84 Å². The van der Waals surface area contributed by atoms with Crippen LogP contribution in [0.1, 0.15) is 5.69 Å². The lowest BCUT2D eigenvalue weighted by atomic mass is 10.2. The van der Waals surface area contributed by atoms with Crippen molar-refractivity contribution in [2.24, 2.45) is 0 Å². The highest BCUT2D eigenvalue weighted by molar-refractivity contribution is 7.99. The van der Waals surface area contributed by atoms with E-state index in [0.717, 1.165) is 37.9 Å². The third-order valence-corrected chi connectivity index (χ3v) is 5.21. The first kappa shape index (κ1) is 17.0. The lowest BCUT2D eigenvalue weighted by Crippen LogP contribution is -1.83. The fraction of sp³-hybridized carbons (Fsp3) is 0.0476. The van der Waals surface area contributed by atoms with Gasteiger partial charge in [0.2, 0.25) is 0 Å². The summed E-state index contributed by atoms with van der Waals surface area (Å²) in [6.45, 7) is -0.0259. The minimum absolute atomic E-state index is 0.0259. The molecule has 1 heterocycles. The molecule has 0 aliphatic rings. The SMILES string of the molecule is OCc1cc2c(Sc3ccc(Oc4ccccc4)cc3)cc(Cl)cc2[nH]1. The van der Waals surface area contributed by atoms with E-state index in [-0.39, 0.29) is 6.61 Å². The van der Waals surface area contributed by atoms with E-state index in [1.54, 1.807) is 11.8 Å². The van der Waals surface area contributed by atoms with Gasteiger partial charge in [0, 0.05) is 31.4 Å². The van der Waals surface area contributed by atoms with Crippen LogP contribution < -0.4 is 4.74 Å². The van der Waals surface area contributed by atoms with Gasteiger partial charge < -0.3 is 14.8 Å². The first-order valence-corrected chi connectivity index (χ1v) is 9.33. The first-order chi connectivity index (χ1) is 12.7. The van der Waals surface area contributed by atoms with Crippen LogP contribution in [-0.4, -0.2) is 10.1 Å². The van der Waals surface area contributed by atoms with Crippen LogP contribution in [0.15, 0.2) is 82.6 Å². The molecule has 4 aromatic rings. The van der Waals surface area contributed by atoms with Gasteiger partial charge in [-0.05, 0) is 54.6 Å². The van der Waals surface area contributed by atoms with E-state index < -0.39 is 0 Å². The summed E-state index contributed by atoms with van der Waals surface area (Å²) >= 11 is 7.87. The Bertz CT molecular complexity index is 1030. The number of aromatic amines is 1. The van der Waals surface area contributed by atoms with Crippen molar-refractivity contribution in [3.63, 3.8) is 0 Å². The standard InChI is InChI=1S/C21H16ClNO2S/c22-14-10-20-19(12-15(13-24)23-20)21(11-14)26-18-8-6-17(7-9-18)25-16-4-2-1-3-5-16/h1-12,23-24H,13H2. The maximum absolute atomic E-state index is 9.36. The van der Waals surface area contributed by atoms with Gasteiger partial charge in [-0.2, -0.15) is 0 Å². The van der Waals surface area contributed by atoms with Gasteiger partial charge in [-0.25, -0.2) is 0 Å². The zero-order valence-electron chi connectivity index (χ0n) is 13.8. The van der Waals surface area contributed by atoms with Gasteiger partial charge in [-0.3, -0.25) is 0 Å². The van der Waals surface area contributed by atoms with E-state index in [1.165, 1.54) is 0 Å². The Morgan fingerprint density at radius 3 is 2.38 bits per heavy atom. The number of aliphatic hydroxyl groups excluding tert-OH is 1. The second kappa shape index (κ2) is 7.46. The highest BCUT2D eigenvalue weighted by Crippen LogP contribution is 2.37. The van der Waals surface area contributed by atoms with Crippen LogP contribution in [0.4, 0.5) is 0 Å². The Labute approximate surface area is 160 Å². The molecule has 3 nitrogen and oxygen atoms in total. The van der Waals surface area contributed by atoms with E-state index in [4.69, 9.17) is 16.3 Å². The number of benzene rings is 3. The zero-order chi connectivity index (χ0) is 17.9. The Morgan fingerprint density at radius 2 is 1.65 bits per heavy atom. The van der Waals surface area contributed by atoms with Crippen molar-refractivity contribution in [2.45, 2.75) is 16.4 Å². The molecule has 0 aliphatic carbocycles. The minimum atomic E-state index is -0.0259. The lowest BCUT2D eigenvalue weighted by Gasteiger charge is -2.08. The van der Waals surface area contributed by atoms with Crippen molar-refractivity contribution in [2.75, 3.05) is 0 Å². The van der Waals surface area contributed by atoms with Gasteiger partial charge in [-0.15, -0.1) is 0 Å². The van der Waals surface area contributed by atoms with Gasteiger partial charge in [-0.1, -0.05) is 41.6 Å². The van der Waals surface area contributed by atoms with Crippen LogP contribution in [-0.2, 0) is 6.61 Å². The summed E-state index contributed by atoms with van der Waals surface area (Å²) < 4.78 is 5.83. The number of aliphatic hydroxyl groups is 1. The maximum Gasteiger partial charge on any atom is 0.127 e. The molecular formula is C21H16ClNO2S. The fourth-order valence-electron chi connectivity index (χ4n) is 2.73. The predicted octanol–water partition coefficient (Wildman–Crippen LogP) is 6.26. The largest absolute Gasteiger partial charge is 0.457 e. The average Bonchev–Trinajstić information content (AvgIpc) is 3.07. The molecule has 0 amide bonds. The van der Waals surface area contributed by atoms with Gasteiger partial charge >= 0.3 is 0 Å². The van der Waals surface area contributed by atoms with Crippen LogP contribution in [0, 0.1) is 0 Å². The zero-order valence-corrected chi connectivity index (χ0v) is 15.3. The minimum Gasteiger partial charge on any atom is -0.457 e. The molecule has 0 atom stereocenters. The maximum atomic E-state index is 9.36. The third-order valence-electron chi connectivity index (χ3n) is 3.92.